The van der Waals surface area contributed by atoms with E-state index in [1.165, 1.54) is 18.0 Å². The average molecular weight is 516 g/mol. The summed E-state index contributed by atoms with van der Waals surface area (Å²) in [5.74, 6) is 1.60. The van der Waals surface area contributed by atoms with Crippen LogP contribution >= 0.6 is 0 Å². The molecule has 0 spiro atoms. The molecule has 0 saturated heterocycles. The highest BCUT2D eigenvalue weighted by atomic mass is 15.1. The minimum Gasteiger partial charge on any atom is -0.233 e. The molecular formula is C31H17N9. The Hall–Kier alpha value is -5.83. The number of aromatic nitrogens is 9. The second kappa shape index (κ2) is 8.88. The molecule has 0 fully saturated rings. The minimum atomic E-state index is 0.516. The zero-order valence-electron chi connectivity index (χ0n) is 20.8. The number of nitrogens with zero attached hydrogens (tertiary/aromatic N) is 9. The fourth-order valence-electron chi connectivity index (χ4n) is 4.97. The number of hydrogen-bond donors (Lipinski definition) is 0. The Labute approximate surface area is 226 Å². The van der Waals surface area contributed by atoms with E-state index < -0.39 is 0 Å². The first-order valence-corrected chi connectivity index (χ1v) is 12.6. The van der Waals surface area contributed by atoms with Gasteiger partial charge in [0.25, 0.3) is 0 Å². The SMILES string of the molecule is c1ccc2cc3c(-c4nc(-c5ccc6ncnnc6c5)nc(-c5ccc6ncnnc6c5)n4)cccc3cc2c1. The smallest absolute Gasteiger partial charge is 0.164 e. The first-order valence-electron chi connectivity index (χ1n) is 12.6. The topological polar surface area (TPSA) is 116 Å². The van der Waals surface area contributed by atoms with Crippen molar-refractivity contribution >= 4 is 43.6 Å². The summed E-state index contributed by atoms with van der Waals surface area (Å²) >= 11 is 0. The molecule has 0 bridgehead atoms. The van der Waals surface area contributed by atoms with Crippen molar-refractivity contribution in [2.75, 3.05) is 0 Å². The van der Waals surface area contributed by atoms with E-state index in [0.717, 1.165) is 43.9 Å². The van der Waals surface area contributed by atoms with Gasteiger partial charge >= 0.3 is 0 Å². The summed E-state index contributed by atoms with van der Waals surface area (Å²) in [6, 6.07) is 30.4. The maximum atomic E-state index is 4.97. The molecule has 9 nitrogen and oxygen atoms in total. The summed E-state index contributed by atoms with van der Waals surface area (Å²) in [7, 11) is 0. The molecule has 0 saturated carbocycles. The van der Waals surface area contributed by atoms with Crippen LogP contribution < -0.4 is 0 Å². The summed E-state index contributed by atoms with van der Waals surface area (Å²) in [4.78, 5) is 23.4. The number of fused-ring (bicyclic) bond motifs is 4. The zero-order valence-corrected chi connectivity index (χ0v) is 20.8. The molecule has 0 atom stereocenters. The first kappa shape index (κ1) is 22.2. The first-order chi connectivity index (χ1) is 19.8. The molecule has 0 amide bonds. The molecule has 3 heterocycles. The van der Waals surface area contributed by atoms with Gasteiger partial charge < -0.3 is 0 Å². The second-order valence-electron chi connectivity index (χ2n) is 9.36. The van der Waals surface area contributed by atoms with Gasteiger partial charge in [0.1, 0.15) is 23.7 Å². The van der Waals surface area contributed by atoms with Gasteiger partial charge in [-0.15, -0.1) is 20.4 Å². The quantitative estimate of drug-likeness (QED) is 0.267. The summed E-state index contributed by atoms with van der Waals surface area (Å²) in [6.45, 7) is 0. The van der Waals surface area contributed by atoms with Crippen molar-refractivity contribution in [1.29, 1.82) is 0 Å². The Morgan fingerprint density at radius 3 is 1.65 bits per heavy atom. The van der Waals surface area contributed by atoms with Crippen LogP contribution in [0, 0.1) is 0 Å². The average Bonchev–Trinajstić information content (AvgIpc) is 3.02. The van der Waals surface area contributed by atoms with Gasteiger partial charge in [0.2, 0.25) is 0 Å². The van der Waals surface area contributed by atoms with Gasteiger partial charge in [-0.3, -0.25) is 0 Å². The van der Waals surface area contributed by atoms with E-state index in [1.54, 1.807) is 0 Å². The molecule has 8 aromatic rings. The van der Waals surface area contributed by atoms with E-state index in [1.807, 2.05) is 54.6 Å². The van der Waals surface area contributed by atoms with Crippen LogP contribution in [0.5, 0.6) is 0 Å². The lowest BCUT2D eigenvalue weighted by atomic mass is 9.99. The van der Waals surface area contributed by atoms with Crippen LogP contribution in [-0.4, -0.2) is 45.3 Å². The summed E-state index contributed by atoms with van der Waals surface area (Å²) in [5.41, 5.74) is 5.29. The van der Waals surface area contributed by atoms with Crippen molar-refractivity contribution in [2.24, 2.45) is 0 Å². The Bertz CT molecular complexity index is 2150. The second-order valence-corrected chi connectivity index (χ2v) is 9.36. The minimum absolute atomic E-state index is 0.516. The highest BCUT2D eigenvalue weighted by molar-refractivity contribution is 6.04. The van der Waals surface area contributed by atoms with E-state index in [-0.39, 0.29) is 0 Å². The fraction of sp³-hybridized carbons (Fsp3) is 0. The van der Waals surface area contributed by atoms with Gasteiger partial charge in [-0.1, -0.05) is 42.5 Å². The Balaban J connectivity index is 1.39. The lowest BCUT2D eigenvalue weighted by molar-refractivity contribution is 1.02. The molecule has 0 radical (unpaired) electrons. The van der Waals surface area contributed by atoms with E-state index in [4.69, 9.17) is 15.0 Å². The van der Waals surface area contributed by atoms with Crippen molar-refractivity contribution in [2.45, 2.75) is 0 Å². The van der Waals surface area contributed by atoms with Gasteiger partial charge in [0.05, 0.1) is 11.0 Å². The van der Waals surface area contributed by atoms with E-state index >= 15 is 0 Å². The maximum absolute atomic E-state index is 4.97. The van der Waals surface area contributed by atoms with Crippen LogP contribution in [0.1, 0.15) is 0 Å². The van der Waals surface area contributed by atoms with Crippen LogP contribution in [0.3, 0.4) is 0 Å². The van der Waals surface area contributed by atoms with Crippen molar-refractivity contribution in [1.82, 2.24) is 45.3 Å². The van der Waals surface area contributed by atoms with E-state index in [2.05, 4.69) is 66.8 Å². The molecule has 186 valence electrons. The number of hydrogen-bond acceptors (Lipinski definition) is 9. The molecule has 40 heavy (non-hydrogen) atoms. The molecule has 0 aliphatic heterocycles. The third-order valence-electron chi connectivity index (χ3n) is 6.92. The zero-order chi connectivity index (χ0) is 26.5. The normalized spacial score (nSPS) is 11.5. The lowest BCUT2D eigenvalue weighted by Crippen LogP contribution is -2.01. The number of benzene rings is 5. The standard InChI is InChI=1S/C31H17N9/c1-2-5-19-13-24-20(12-18(19)4-1)6-3-7-23(24)31-37-29(21-8-10-25-27(14-21)39-34-16-32-25)36-30(38-31)22-9-11-26-28(15-22)40-35-17-33-26/h1-17H. The summed E-state index contributed by atoms with van der Waals surface area (Å²) in [5, 5.41) is 20.8. The van der Waals surface area contributed by atoms with Crippen LogP contribution in [0.25, 0.3) is 77.8 Å². The Kier molecular flexibility index (Phi) is 4.92. The van der Waals surface area contributed by atoms with Crippen molar-refractivity contribution in [3.63, 3.8) is 0 Å². The molecule has 5 aromatic carbocycles. The van der Waals surface area contributed by atoms with E-state index in [0.29, 0.717) is 28.5 Å². The molecule has 0 unspecified atom stereocenters. The van der Waals surface area contributed by atoms with Gasteiger partial charge in [0.15, 0.2) is 17.5 Å². The Morgan fingerprint density at radius 1 is 0.425 bits per heavy atom. The maximum Gasteiger partial charge on any atom is 0.164 e. The third kappa shape index (κ3) is 3.76. The van der Waals surface area contributed by atoms with Crippen LogP contribution in [-0.2, 0) is 0 Å². The molecule has 3 aromatic heterocycles. The van der Waals surface area contributed by atoms with Crippen LogP contribution in [0.4, 0.5) is 0 Å². The van der Waals surface area contributed by atoms with Gasteiger partial charge in [-0.05, 0) is 70.1 Å². The van der Waals surface area contributed by atoms with Crippen LogP contribution in [0.15, 0.2) is 104 Å². The van der Waals surface area contributed by atoms with Crippen molar-refractivity contribution < 1.29 is 0 Å². The Morgan fingerprint density at radius 2 is 1.00 bits per heavy atom. The predicted molar refractivity (Wildman–Crippen MR) is 153 cm³/mol. The molecular weight excluding hydrogens is 498 g/mol. The summed E-state index contributed by atoms with van der Waals surface area (Å²) < 4.78 is 0. The molecule has 0 aliphatic carbocycles. The number of rotatable bonds is 3. The molecule has 9 heteroatoms. The van der Waals surface area contributed by atoms with E-state index in [9.17, 15) is 0 Å². The van der Waals surface area contributed by atoms with Gasteiger partial charge in [-0.2, -0.15) is 0 Å². The largest absolute Gasteiger partial charge is 0.233 e. The predicted octanol–water partition coefficient (Wildman–Crippen LogP) is 5.86. The monoisotopic (exact) mass is 515 g/mol. The molecule has 8 rings (SSSR count). The van der Waals surface area contributed by atoms with Crippen molar-refractivity contribution in [3.8, 4) is 34.2 Å². The van der Waals surface area contributed by atoms with Gasteiger partial charge in [0, 0.05) is 16.7 Å². The third-order valence-corrected chi connectivity index (χ3v) is 6.92. The molecule has 0 aliphatic rings. The fourth-order valence-corrected chi connectivity index (χ4v) is 4.97. The molecule has 0 N–H and O–H groups in total. The highest BCUT2D eigenvalue weighted by Gasteiger charge is 2.16. The van der Waals surface area contributed by atoms with Gasteiger partial charge in [-0.25, -0.2) is 24.9 Å². The van der Waals surface area contributed by atoms with Crippen LogP contribution in [0.2, 0.25) is 0 Å². The van der Waals surface area contributed by atoms with Crippen molar-refractivity contribution in [3.05, 3.63) is 104 Å². The highest BCUT2D eigenvalue weighted by Crippen LogP contribution is 2.33. The lowest BCUT2D eigenvalue weighted by Gasteiger charge is -2.11. The summed E-state index contributed by atoms with van der Waals surface area (Å²) in [6.07, 6.45) is 2.87.